The van der Waals surface area contributed by atoms with Crippen LogP contribution < -0.4 is 0 Å². The summed E-state index contributed by atoms with van der Waals surface area (Å²) in [6, 6.07) is 57.4. The molecular formula is C54H32F6N4. The minimum Gasteiger partial charge on any atom is -0.309 e. The number of nitrogens with zero attached hydrogens (tertiary/aromatic N) is 4. The summed E-state index contributed by atoms with van der Waals surface area (Å²) in [7, 11) is 0. The fourth-order valence-electron chi connectivity index (χ4n) is 8.89. The van der Waals surface area contributed by atoms with Gasteiger partial charge < -0.3 is 9.13 Å². The van der Waals surface area contributed by atoms with Crippen LogP contribution >= 0.6 is 0 Å². The van der Waals surface area contributed by atoms with Crippen molar-refractivity contribution in [1.82, 2.24) is 19.1 Å². The van der Waals surface area contributed by atoms with Crippen LogP contribution in [0.25, 0.3) is 100 Å². The van der Waals surface area contributed by atoms with Crippen molar-refractivity contribution in [2.75, 3.05) is 0 Å². The van der Waals surface area contributed by atoms with Crippen LogP contribution in [0, 0.1) is 0 Å². The average Bonchev–Trinajstić information content (AvgIpc) is 3.83. The van der Waals surface area contributed by atoms with Crippen LogP contribution in [0.4, 0.5) is 26.3 Å². The summed E-state index contributed by atoms with van der Waals surface area (Å²) in [4.78, 5) is 10.1. The van der Waals surface area contributed by atoms with Crippen molar-refractivity contribution in [3.63, 3.8) is 0 Å². The van der Waals surface area contributed by atoms with Gasteiger partial charge in [0.2, 0.25) is 0 Å². The van der Waals surface area contributed by atoms with Crippen LogP contribution in [0.2, 0.25) is 0 Å². The van der Waals surface area contributed by atoms with Crippen LogP contribution in [0.5, 0.6) is 0 Å². The minimum atomic E-state index is -4.55. The van der Waals surface area contributed by atoms with Gasteiger partial charge in [0.05, 0.1) is 56.0 Å². The Bertz CT molecular complexity index is 3530. The summed E-state index contributed by atoms with van der Waals surface area (Å²) in [6.45, 7) is 0. The molecule has 10 heteroatoms. The Balaban J connectivity index is 1.22. The van der Waals surface area contributed by atoms with Crippen molar-refractivity contribution in [3.8, 4) is 56.4 Å². The monoisotopic (exact) mass is 850 g/mol. The molecule has 11 aromatic rings. The summed E-state index contributed by atoms with van der Waals surface area (Å²) >= 11 is 0. The molecule has 0 bridgehead atoms. The number of aromatic nitrogens is 4. The highest BCUT2D eigenvalue weighted by atomic mass is 19.4. The molecule has 310 valence electrons. The molecule has 0 spiro atoms. The molecule has 0 atom stereocenters. The lowest BCUT2D eigenvalue weighted by atomic mass is 9.96. The van der Waals surface area contributed by atoms with Gasteiger partial charge in [-0.25, -0.2) is 9.97 Å². The largest absolute Gasteiger partial charge is 0.416 e. The third kappa shape index (κ3) is 6.57. The molecule has 0 unspecified atom stereocenters. The highest BCUT2D eigenvalue weighted by Gasteiger charge is 2.33. The Hall–Kier alpha value is -7.98. The Labute approximate surface area is 362 Å². The average molecular weight is 851 g/mol. The van der Waals surface area contributed by atoms with E-state index in [4.69, 9.17) is 9.97 Å². The normalized spacial score (nSPS) is 12.2. The third-order valence-electron chi connectivity index (χ3n) is 11.8. The molecule has 64 heavy (non-hydrogen) atoms. The van der Waals surface area contributed by atoms with E-state index in [-0.39, 0.29) is 0 Å². The van der Waals surface area contributed by atoms with E-state index in [1.807, 2.05) is 161 Å². The number of halogens is 6. The van der Waals surface area contributed by atoms with Gasteiger partial charge in [-0.3, -0.25) is 0 Å². The predicted octanol–water partition coefficient (Wildman–Crippen LogP) is 15.4. The zero-order valence-corrected chi connectivity index (χ0v) is 33.5. The van der Waals surface area contributed by atoms with Crippen molar-refractivity contribution >= 4 is 43.6 Å². The molecular weight excluding hydrogens is 819 g/mol. The second-order valence-corrected chi connectivity index (χ2v) is 15.6. The fraction of sp³-hybridized carbons (Fsp3) is 0.0370. The van der Waals surface area contributed by atoms with Gasteiger partial charge >= 0.3 is 12.4 Å². The van der Waals surface area contributed by atoms with Crippen molar-refractivity contribution in [1.29, 1.82) is 0 Å². The number of alkyl halides is 6. The van der Waals surface area contributed by atoms with Gasteiger partial charge in [0.25, 0.3) is 0 Å². The number of hydrogen-bond donors (Lipinski definition) is 0. The molecule has 0 amide bonds. The summed E-state index contributed by atoms with van der Waals surface area (Å²) in [5.74, 6) is 0.523. The molecule has 0 aliphatic carbocycles. The lowest BCUT2D eigenvalue weighted by Crippen LogP contribution is -2.05. The number of fused-ring (bicyclic) bond motifs is 6. The first-order valence-corrected chi connectivity index (χ1v) is 20.5. The molecule has 3 heterocycles. The van der Waals surface area contributed by atoms with E-state index in [1.54, 1.807) is 6.07 Å². The molecule has 0 saturated carbocycles. The van der Waals surface area contributed by atoms with Gasteiger partial charge in [-0.15, -0.1) is 0 Å². The lowest BCUT2D eigenvalue weighted by molar-refractivity contribution is -0.138. The van der Waals surface area contributed by atoms with E-state index in [2.05, 4.69) is 0 Å². The zero-order valence-electron chi connectivity index (χ0n) is 33.5. The molecule has 0 aliphatic heterocycles. The van der Waals surface area contributed by atoms with Crippen LogP contribution in [0.3, 0.4) is 0 Å². The van der Waals surface area contributed by atoms with Crippen molar-refractivity contribution < 1.29 is 26.3 Å². The van der Waals surface area contributed by atoms with E-state index in [1.165, 1.54) is 24.3 Å². The summed E-state index contributed by atoms with van der Waals surface area (Å²) in [5, 5.41) is 2.18. The maximum Gasteiger partial charge on any atom is 0.416 e. The molecule has 8 aromatic carbocycles. The predicted molar refractivity (Wildman–Crippen MR) is 242 cm³/mol. The lowest BCUT2D eigenvalue weighted by Gasteiger charge is -2.20. The van der Waals surface area contributed by atoms with Crippen LogP contribution in [-0.4, -0.2) is 19.1 Å². The van der Waals surface area contributed by atoms with Gasteiger partial charge in [-0.1, -0.05) is 121 Å². The first-order chi connectivity index (χ1) is 31.0. The highest BCUT2D eigenvalue weighted by molar-refractivity contribution is 6.12. The molecule has 3 aromatic heterocycles. The first kappa shape index (κ1) is 38.9. The number of benzene rings is 8. The van der Waals surface area contributed by atoms with Gasteiger partial charge in [-0.2, -0.15) is 26.3 Å². The summed E-state index contributed by atoms with van der Waals surface area (Å²) in [6.07, 6.45) is -9.10. The van der Waals surface area contributed by atoms with Gasteiger partial charge in [0, 0.05) is 49.4 Å². The molecule has 0 saturated heterocycles. The number of hydrogen-bond acceptors (Lipinski definition) is 2. The van der Waals surface area contributed by atoms with Gasteiger partial charge in [-0.05, 0) is 72.8 Å². The van der Waals surface area contributed by atoms with Gasteiger partial charge in [0.1, 0.15) is 0 Å². The number of rotatable bonds is 6. The Kier molecular flexibility index (Phi) is 9.02. The molecule has 0 fully saturated rings. The van der Waals surface area contributed by atoms with Crippen molar-refractivity contribution in [3.05, 3.63) is 205 Å². The molecule has 4 nitrogen and oxygen atoms in total. The second kappa shape index (κ2) is 14.8. The quantitative estimate of drug-likeness (QED) is 0.156. The molecule has 0 radical (unpaired) electrons. The van der Waals surface area contributed by atoms with Crippen molar-refractivity contribution in [2.45, 2.75) is 12.4 Å². The Morgan fingerprint density at radius 1 is 0.328 bits per heavy atom. The Morgan fingerprint density at radius 3 is 1.34 bits per heavy atom. The van der Waals surface area contributed by atoms with Crippen LogP contribution in [0.1, 0.15) is 11.1 Å². The van der Waals surface area contributed by atoms with E-state index < -0.39 is 23.5 Å². The molecule has 11 rings (SSSR count). The maximum absolute atomic E-state index is 14.2. The molecule has 0 aliphatic rings. The second-order valence-electron chi connectivity index (χ2n) is 15.6. The SMILES string of the molecule is FC(F)(F)c1ccc2c(c1)c1ccccc1n2-c1ccccc1-c1cc(-c2cc(-c3ccccc3)nc(-c3ccccc3)n2)ccc1-n1c2ccccc2c2cc(C(F)(F)F)ccc21. The van der Waals surface area contributed by atoms with E-state index >= 15 is 0 Å². The van der Waals surface area contributed by atoms with Gasteiger partial charge in [0.15, 0.2) is 5.82 Å². The zero-order chi connectivity index (χ0) is 43.7. The Morgan fingerprint density at radius 2 is 0.781 bits per heavy atom. The maximum atomic E-state index is 14.2. The summed E-state index contributed by atoms with van der Waals surface area (Å²) < 4.78 is 89.1. The number of para-hydroxylation sites is 3. The first-order valence-electron chi connectivity index (χ1n) is 20.5. The van der Waals surface area contributed by atoms with E-state index in [0.717, 1.165) is 34.4 Å². The molecule has 0 N–H and O–H groups in total. The third-order valence-corrected chi connectivity index (χ3v) is 11.8. The fourth-order valence-corrected chi connectivity index (χ4v) is 8.89. The van der Waals surface area contributed by atoms with E-state index in [0.29, 0.717) is 77.8 Å². The van der Waals surface area contributed by atoms with Crippen LogP contribution in [-0.2, 0) is 12.4 Å². The smallest absolute Gasteiger partial charge is 0.309 e. The topological polar surface area (TPSA) is 35.6 Å². The standard InChI is InChI=1S/C54H32F6N4/c55-53(56,57)36-24-27-50-42(30-36)39-18-8-11-21-47(39)63(50)46-20-10-7-17-38(46)41-29-35(45-32-44(33-13-3-1-4-14-33)61-52(62-45)34-15-5-2-6-16-34)23-26-49(41)64-48-22-12-9-19-40(48)43-31-37(54(58,59)60)25-28-51(43)64/h1-32H. The minimum absolute atomic E-state index is 0.437. The van der Waals surface area contributed by atoms with E-state index in [9.17, 15) is 26.3 Å². The van der Waals surface area contributed by atoms with Crippen molar-refractivity contribution in [2.24, 2.45) is 0 Å². The highest BCUT2D eigenvalue weighted by Crippen LogP contribution is 2.44. The van der Waals surface area contributed by atoms with Crippen LogP contribution in [0.15, 0.2) is 194 Å². The summed E-state index contributed by atoms with van der Waals surface area (Å²) in [5.41, 5.74) is 7.62.